The number of rotatable bonds is 4. The minimum Gasteiger partial charge on any atom is -0.345 e. The van der Waals surface area contributed by atoms with Gasteiger partial charge in [-0.1, -0.05) is 71.6 Å². The van der Waals surface area contributed by atoms with E-state index in [-0.39, 0.29) is 17.9 Å². The van der Waals surface area contributed by atoms with Gasteiger partial charge in [-0.3, -0.25) is 4.79 Å². The van der Waals surface area contributed by atoms with Gasteiger partial charge in [-0.2, -0.15) is 4.31 Å². The predicted octanol–water partition coefficient (Wildman–Crippen LogP) is 4.01. The van der Waals surface area contributed by atoms with Gasteiger partial charge in [0.2, 0.25) is 15.9 Å². The number of carbonyl (C=O) groups excluding carboxylic acids is 1. The van der Waals surface area contributed by atoms with Gasteiger partial charge in [0.1, 0.15) is 5.92 Å². The summed E-state index contributed by atoms with van der Waals surface area (Å²) in [5.74, 6) is 1.05. The number of carbonyl (C=O) groups is 1. The van der Waals surface area contributed by atoms with E-state index in [1.165, 1.54) is 43.9 Å². The summed E-state index contributed by atoms with van der Waals surface area (Å²) in [6.45, 7) is 2.97. The molecule has 0 bridgehead atoms. The molecule has 2 aromatic carbocycles. The summed E-state index contributed by atoms with van der Waals surface area (Å²) >= 11 is 3.59. The predicted molar refractivity (Wildman–Crippen MR) is 157 cm³/mol. The molecule has 210 valence electrons. The van der Waals surface area contributed by atoms with E-state index >= 15 is 0 Å². The molecule has 1 spiro atoms. The van der Waals surface area contributed by atoms with Gasteiger partial charge in [0.25, 0.3) is 0 Å². The summed E-state index contributed by atoms with van der Waals surface area (Å²) in [6.07, 6.45) is 9.54. The van der Waals surface area contributed by atoms with Crippen molar-refractivity contribution in [3.05, 3.63) is 69.7 Å². The third-order valence-corrected chi connectivity index (χ3v) is 11.8. The van der Waals surface area contributed by atoms with Gasteiger partial charge in [0, 0.05) is 30.1 Å². The van der Waals surface area contributed by atoms with Crippen molar-refractivity contribution in [1.29, 1.82) is 0 Å². The van der Waals surface area contributed by atoms with Gasteiger partial charge in [-0.15, -0.1) is 0 Å². The third-order valence-electron chi connectivity index (χ3n) is 10.1. The lowest BCUT2D eigenvalue weighted by Crippen LogP contribution is -2.83. The van der Waals surface area contributed by atoms with Gasteiger partial charge < -0.3 is 10.2 Å². The lowest BCUT2D eigenvalue weighted by atomic mass is 9.67. The fraction of sp³-hybridized carbons (Fsp3) is 0.581. The molecular formula is C31H41BrN3O3S+. The number of quaternary nitrogens is 1. The summed E-state index contributed by atoms with van der Waals surface area (Å²) < 4.78 is 28.2. The fourth-order valence-electron chi connectivity index (χ4n) is 8.21. The number of amides is 1. The Balaban J connectivity index is 1.35. The van der Waals surface area contributed by atoms with Crippen molar-refractivity contribution in [2.75, 3.05) is 32.4 Å². The summed E-state index contributed by atoms with van der Waals surface area (Å²) in [5, 5.41) is 2.24. The number of likely N-dealkylation sites (tertiary alicyclic amines) is 1. The number of sulfonamides is 1. The zero-order valence-corrected chi connectivity index (χ0v) is 25.3. The Labute approximate surface area is 241 Å². The van der Waals surface area contributed by atoms with E-state index in [9.17, 15) is 13.2 Å². The van der Waals surface area contributed by atoms with Crippen LogP contribution in [0.5, 0.6) is 0 Å². The maximum atomic E-state index is 14.7. The van der Waals surface area contributed by atoms with E-state index in [0.29, 0.717) is 31.5 Å². The second kappa shape index (κ2) is 10.9. The highest BCUT2D eigenvalue weighted by atomic mass is 79.9. The first-order valence-electron chi connectivity index (χ1n) is 14.7. The molecule has 0 unspecified atom stereocenters. The quantitative estimate of drug-likeness (QED) is 0.565. The summed E-state index contributed by atoms with van der Waals surface area (Å²) in [7, 11) is -3.41. The topological polar surface area (TPSA) is 74.3 Å². The van der Waals surface area contributed by atoms with Gasteiger partial charge in [0.15, 0.2) is 0 Å². The number of fused-ring (bicyclic) bond motifs is 2. The normalized spacial score (nSPS) is 30.4. The van der Waals surface area contributed by atoms with E-state index in [1.807, 2.05) is 12.1 Å². The first-order chi connectivity index (χ1) is 18.8. The third kappa shape index (κ3) is 5.22. The molecule has 2 aromatic rings. The molecule has 6 nitrogen and oxygen atoms in total. The molecule has 0 radical (unpaired) electrons. The van der Waals surface area contributed by atoms with Gasteiger partial charge in [0.05, 0.1) is 24.8 Å². The van der Waals surface area contributed by atoms with E-state index in [0.717, 1.165) is 41.5 Å². The smallest absolute Gasteiger partial charge is 0.232 e. The maximum absolute atomic E-state index is 14.7. The van der Waals surface area contributed by atoms with Crippen LogP contribution in [0.1, 0.15) is 67.6 Å². The summed E-state index contributed by atoms with van der Waals surface area (Å²) in [4.78, 5) is 17.0. The highest BCUT2D eigenvalue weighted by Gasteiger charge is 2.57. The standard InChI is InChI=1S/C31H40BrN3O3S/c1-39(37,38)34-19-25-16-26(32)12-13-27(25)31(21-34)20-33-18-28(31)30(36)35-15-14-24(22-8-4-2-5-9-22)17-29(35)23-10-6-3-7-11-23/h2,4-5,8-9,12-13,16,23-24,28-29,33H,3,6-7,10-11,14-15,17-21H2,1H3/p+1/t24-,28+,29+,31-/m1/s1. The van der Waals surface area contributed by atoms with Crippen molar-refractivity contribution in [1.82, 2.24) is 9.21 Å². The molecule has 0 aromatic heterocycles. The highest BCUT2D eigenvalue weighted by Crippen LogP contribution is 2.45. The van der Waals surface area contributed by atoms with Crippen LogP contribution in [0, 0.1) is 11.8 Å². The van der Waals surface area contributed by atoms with Crippen LogP contribution in [0.4, 0.5) is 0 Å². The molecular weight excluding hydrogens is 574 g/mol. The maximum Gasteiger partial charge on any atom is 0.232 e. The number of piperidine rings is 1. The molecule has 3 aliphatic heterocycles. The number of nitrogens with two attached hydrogens (primary N) is 1. The molecule has 2 N–H and O–H groups in total. The SMILES string of the molecule is CS(=O)(=O)N1Cc2cc(Br)ccc2[C@@]2(C[NH2+]C[C@H]2C(=O)N2CC[C@@H](c3ccccc3)C[C@H]2C2CCCCC2)C1. The Morgan fingerprint density at radius 1 is 1.05 bits per heavy atom. The van der Waals surface area contributed by atoms with Gasteiger partial charge >= 0.3 is 0 Å². The number of nitrogens with zero attached hydrogens (tertiary/aromatic N) is 2. The van der Waals surface area contributed by atoms with Crippen LogP contribution < -0.4 is 5.32 Å². The van der Waals surface area contributed by atoms with Crippen molar-refractivity contribution in [2.24, 2.45) is 11.8 Å². The zero-order chi connectivity index (χ0) is 27.2. The second-order valence-corrected chi connectivity index (χ2v) is 15.3. The van der Waals surface area contributed by atoms with Crippen LogP contribution in [0.2, 0.25) is 0 Å². The minimum absolute atomic E-state index is 0.235. The average Bonchev–Trinajstić information content (AvgIpc) is 3.36. The molecule has 39 heavy (non-hydrogen) atoms. The van der Waals surface area contributed by atoms with Crippen LogP contribution in [0.25, 0.3) is 0 Å². The molecule has 1 aliphatic carbocycles. The number of halogens is 1. The lowest BCUT2D eigenvalue weighted by Gasteiger charge is -2.48. The van der Waals surface area contributed by atoms with Crippen LogP contribution in [0.3, 0.4) is 0 Å². The van der Waals surface area contributed by atoms with Gasteiger partial charge in [-0.05, 0) is 66.3 Å². The van der Waals surface area contributed by atoms with Crippen LogP contribution in [0.15, 0.2) is 53.0 Å². The van der Waals surface area contributed by atoms with Crippen molar-refractivity contribution in [3.8, 4) is 0 Å². The van der Waals surface area contributed by atoms with Crippen LogP contribution in [-0.4, -0.2) is 62.0 Å². The Morgan fingerprint density at radius 3 is 2.56 bits per heavy atom. The molecule has 2 saturated heterocycles. The van der Waals surface area contributed by atoms with Crippen LogP contribution in [-0.2, 0) is 26.8 Å². The molecule has 6 rings (SSSR count). The van der Waals surface area contributed by atoms with Crippen molar-refractivity contribution >= 4 is 31.9 Å². The Morgan fingerprint density at radius 2 is 1.82 bits per heavy atom. The molecule has 3 heterocycles. The summed E-state index contributed by atoms with van der Waals surface area (Å²) in [6, 6.07) is 17.3. The van der Waals surface area contributed by atoms with Crippen LogP contribution >= 0.6 is 15.9 Å². The van der Waals surface area contributed by atoms with Crippen molar-refractivity contribution < 1.29 is 18.5 Å². The van der Waals surface area contributed by atoms with E-state index in [4.69, 9.17) is 0 Å². The average molecular weight is 616 g/mol. The minimum atomic E-state index is -3.41. The van der Waals surface area contributed by atoms with E-state index in [1.54, 1.807) is 4.31 Å². The monoisotopic (exact) mass is 614 g/mol. The Bertz CT molecular complexity index is 1310. The first-order valence-corrected chi connectivity index (χ1v) is 17.3. The molecule has 4 atom stereocenters. The molecule has 3 fully saturated rings. The molecule has 8 heteroatoms. The Kier molecular flexibility index (Phi) is 7.68. The van der Waals surface area contributed by atoms with Crippen molar-refractivity contribution in [3.63, 3.8) is 0 Å². The second-order valence-electron chi connectivity index (χ2n) is 12.4. The number of benzene rings is 2. The van der Waals surface area contributed by atoms with Crippen molar-refractivity contribution in [2.45, 2.75) is 68.9 Å². The zero-order valence-electron chi connectivity index (χ0n) is 22.9. The largest absolute Gasteiger partial charge is 0.345 e. The molecule has 1 amide bonds. The lowest BCUT2D eigenvalue weighted by molar-refractivity contribution is -0.640. The first kappa shape index (κ1) is 27.4. The number of hydrogen-bond acceptors (Lipinski definition) is 3. The van der Waals surface area contributed by atoms with Gasteiger partial charge in [-0.25, -0.2) is 8.42 Å². The molecule has 4 aliphatic rings. The summed E-state index contributed by atoms with van der Waals surface area (Å²) in [5.41, 5.74) is 3.06. The van der Waals surface area contributed by atoms with E-state index < -0.39 is 15.4 Å². The molecule has 1 saturated carbocycles. The highest BCUT2D eigenvalue weighted by molar-refractivity contribution is 9.10. The Hall–Kier alpha value is -1.74. The number of hydrogen-bond donors (Lipinski definition) is 1. The van der Waals surface area contributed by atoms with E-state index in [2.05, 4.69) is 62.5 Å². The fourth-order valence-corrected chi connectivity index (χ4v) is 9.46.